The van der Waals surface area contributed by atoms with E-state index in [0.29, 0.717) is 12.3 Å². The van der Waals surface area contributed by atoms with Crippen molar-refractivity contribution in [3.05, 3.63) is 23.7 Å². The number of hydrogen-bond acceptors (Lipinski definition) is 5. The third kappa shape index (κ3) is 4.70. The van der Waals surface area contributed by atoms with Crippen LogP contribution in [0.25, 0.3) is 0 Å². The van der Waals surface area contributed by atoms with E-state index < -0.39 is 16.8 Å². The van der Waals surface area contributed by atoms with E-state index in [1.54, 1.807) is 12.3 Å². The molecule has 5 nitrogen and oxygen atoms in total. The monoisotopic (exact) mass is 259 g/mol. The summed E-state index contributed by atoms with van der Waals surface area (Å²) < 4.78 is 20.5. The number of esters is 1. The molecule has 0 radical (unpaired) electrons. The van der Waals surface area contributed by atoms with Crippen molar-refractivity contribution in [1.82, 2.24) is 5.32 Å². The van der Waals surface area contributed by atoms with Crippen molar-refractivity contribution in [2.75, 3.05) is 25.7 Å². The molecule has 1 aromatic heterocycles. The number of carbonyl (C=O) groups excluding carboxylic acids is 1. The van der Waals surface area contributed by atoms with Crippen molar-refractivity contribution in [2.24, 2.45) is 0 Å². The van der Waals surface area contributed by atoms with Crippen LogP contribution >= 0.6 is 0 Å². The average Bonchev–Trinajstić information content (AvgIpc) is 2.75. The third-order valence-corrected chi connectivity index (χ3v) is 3.08. The summed E-state index contributed by atoms with van der Waals surface area (Å²) in [6, 6.07) is 1.73. The first-order valence-electron chi connectivity index (χ1n) is 5.30. The molecule has 96 valence electrons. The predicted molar refractivity (Wildman–Crippen MR) is 65.3 cm³/mol. The maximum absolute atomic E-state index is 11.3. The molecule has 6 heteroatoms. The van der Waals surface area contributed by atoms with Crippen LogP contribution in [0.2, 0.25) is 0 Å². The topological polar surface area (TPSA) is 68.5 Å². The summed E-state index contributed by atoms with van der Waals surface area (Å²) in [7, 11) is 0.567. The molecule has 0 aromatic carbocycles. The van der Waals surface area contributed by atoms with E-state index in [1.807, 2.05) is 0 Å². The number of rotatable bonds is 7. The Hall–Kier alpha value is -1.14. The van der Waals surface area contributed by atoms with Crippen molar-refractivity contribution in [3.63, 3.8) is 0 Å². The van der Waals surface area contributed by atoms with Crippen LogP contribution < -0.4 is 5.32 Å². The Bertz CT molecular complexity index is 389. The highest BCUT2D eigenvalue weighted by molar-refractivity contribution is 7.84. The lowest BCUT2D eigenvalue weighted by Gasteiger charge is -2.03. The Morgan fingerprint density at radius 3 is 3.00 bits per heavy atom. The van der Waals surface area contributed by atoms with Crippen molar-refractivity contribution in [1.29, 1.82) is 0 Å². The summed E-state index contributed by atoms with van der Waals surface area (Å²) in [5, 5.41) is 3.16. The lowest BCUT2D eigenvalue weighted by molar-refractivity contribution is 0.0563. The highest BCUT2D eigenvalue weighted by Gasteiger charge is 2.14. The second-order valence-corrected chi connectivity index (χ2v) is 5.13. The van der Waals surface area contributed by atoms with Gasteiger partial charge in [-0.2, -0.15) is 0 Å². The zero-order valence-corrected chi connectivity index (χ0v) is 10.8. The molecule has 0 aliphatic rings. The van der Waals surface area contributed by atoms with Crippen LogP contribution in [0.4, 0.5) is 0 Å². The van der Waals surface area contributed by atoms with E-state index in [-0.39, 0.29) is 5.76 Å². The summed E-state index contributed by atoms with van der Waals surface area (Å²) in [4.78, 5) is 11.3. The smallest absolute Gasteiger partial charge is 0.374 e. The van der Waals surface area contributed by atoms with E-state index >= 15 is 0 Å². The van der Waals surface area contributed by atoms with Crippen LogP contribution in [0.3, 0.4) is 0 Å². The molecule has 1 heterocycles. The summed E-state index contributed by atoms with van der Waals surface area (Å²) in [6.45, 7) is 1.29. The second-order valence-electron chi connectivity index (χ2n) is 3.57. The number of ether oxygens (including phenoxy) is 1. The predicted octanol–water partition coefficient (Wildman–Crippen LogP) is 0.924. The summed E-state index contributed by atoms with van der Waals surface area (Å²) >= 11 is 0. The van der Waals surface area contributed by atoms with E-state index in [0.717, 1.165) is 18.5 Å². The molecule has 17 heavy (non-hydrogen) atoms. The number of methoxy groups -OCH3 is 1. The van der Waals surface area contributed by atoms with Gasteiger partial charge >= 0.3 is 5.97 Å². The zero-order chi connectivity index (χ0) is 12.7. The molecule has 0 aliphatic carbocycles. The summed E-state index contributed by atoms with van der Waals surface area (Å²) in [6.07, 6.45) is 3.99. The van der Waals surface area contributed by atoms with Gasteiger partial charge in [0, 0.05) is 34.9 Å². The van der Waals surface area contributed by atoms with Gasteiger partial charge in [-0.05, 0) is 19.0 Å². The number of nitrogens with one attached hydrogen (secondary N) is 1. The molecule has 1 rings (SSSR count). The number of carbonyl (C=O) groups is 1. The standard InChI is InChI=1S/C11H17NO4S/c1-15-11(13)10-9(4-6-16-10)8-12-5-3-7-17(2)14/h4,6,12H,3,5,7-8H2,1-2H3. The lowest BCUT2D eigenvalue weighted by atomic mass is 10.2. The highest BCUT2D eigenvalue weighted by Crippen LogP contribution is 2.11. The van der Waals surface area contributed by atoms with E-state index in [1.165, 1.54) is 13.4 Å². The average molecular weight is 259 g/mol. The first-order chi connectivity index (χ1) is 8.15. The molecule has 0 amide bonds. The summed E-state index contributed by atoms with van der Waals surface area (Å²) in [5.74, 6) is 0.447. The first-order valence-corrected chi connectivity index (χ1v) is 7.03. The van der Waals surface area contributed by atoms with E-state index in [2.05, 4.69) is 10.1 Å². The van der Waals surface area contributed by atoms with Gasteiger partial charge in [0.25, 0.3) is 0 Å². The number of hydrogen-bond donors (Lipinski definition) is 1. The van der Waals surface area contributed by atoms with Crippen molar-refractivity contribution >= 4 is 16.8 Å². The van der Waals surface area contributed by atoms with Crippen LogP contribution in [0.1, 0.15) is 22.5 Å². The van der Waals surface area contributed by atoms with Gasteiger partial charge in [0.1, 0.15) is 0 Å². The minimum atomic E-state index is -0.752. The van der Waals surface area contributed by atoms with E-state index in [4.69, 9.17) is 4.42 Å². The van der Waals surface area contributed by atoms with Crippen LogP contribution in [-0.2, 0) is 22.1 Å². The normalized spacial score (nSPS) is 12.4. The van der Waals surface area contributed by atoms with Crippen molar-refractivity contribution in [2.45, 2.75) is 13.0 Å². The van der Waals surface area contributed by atoms with E-state index in [9.17, 15) is 9.00 Å². The first kappa shape index (κ1) is 13.9. The van der Waals surface area contributed by atoms with Crippen LogP contribution in [0.15, 0.2) is 16.7 Å². The zero-order valence-electron chi connectivity index (χ0n) is 10.0. The molecule has 1 N–H and O–H groups in total. The fraction of sp³-hybridized carbons (Fsp3) is 0.545. The summed E-state index contributed by atoms with van der Waals surface area (Å²) in [5.41, 5.74) is 0.773. The van der Waals surface area contributed by atoms with Gasteiger partial charge in [0.05, 0.1) is 13.4 Å². The Kier molecular flexibility index (Phi) is 5.93. The SMILES string of the molecule is COC(=O)c1occc1CNCCCS(C)=O. The minimum absolute atomic E-state index is 0.235. The molecule has 0 aliphatic heterocycles. The Balaban J connectivity index is 2.34. The molecule has 0 saturated heterocycles. The van der Waals surface area contributed by atoms with Crippen molar-refractivity contribution < 1.29 is 18.2 Å². The van der Waals surface area contributed by atoms with Gasteiger partial charge < -0.3 is 14.5 Å². The fourth-order valence-corrected chi connectivity index (χ4v) is 1.92. The highest BCUT2D eigenvalue weighted by atomic mass is 32.2. The molecular weight excluding hydrogens is 242 g/mol. The van der Waals surface area contributed by atoms with Crippen LogP contribution in [-0.4, -0.2) is 35.8 Å². The molecule has 0 fully saturated rings. The minimum Gasteiger partial charge on any atom is -0.463 e. The van der Waals surface area contributed by atoms with Gasteiger partial charge in [0.15, 0.2) is 0 Å². The molecule has 0 saturated carbocycles. The van der Waals surface area contributed by atoms with Crippen LogP contribution in [0.5, 0.6) is 0 Å². The molecular formula is C11H17NO4S. The molecule has 1 unspecified atom stereocenters. The quantitative estimate of drug-likeness (QED) is 0.582. The van der Waals surface area contributed by atoms with Gasteiger partial charge in [0.2, 0.25) is 5.76 Å². The Labute approximate surface area is 103 Å². The van der Waals surface area contributed by atoms with Crippen LogP contribution in [0, 0.1) is 0 Å². The largest absolute Gasteiger partial charge is 0.463 e. The lowest BCUT2D eigenvalue weighted by Crippen LogP contribution is -2.18. The molecule has 1 aromatic rings. The van der Waals surface area contributed by atoms with Crippen molar-refractivity contribution in [3.8, 4) is 0 Å². The number of furan rings is 1. The fourth-order valence-electron chi connectivity index (χ4n) is 1.37. The van der Waals surface area contributed by atoms with Gasteiger partial charge in [-0.1, -0.05) is 0 Å². The Morgan fingerprint density at radius 1 is 1.59 bits per heavy atom. The Morgan fingerprint density at radius 2 is 2.35 bits per heavy atom. The third-order valence-electron chi connectivity index (χ3n) is 2.22. The maximum Gasteiger partial charge on any atom is 0.374 e. The molecule has 0 spiro atoms. The molecule has 1 atom stereocenters. The second kappa shape index (κ2) is 7.24. The maximum atomic E-state index is 11.3. The van der Waals surface area contributed by atoms with Gasteiger partial charge in [-0.25, -0.2) is 4.79 Å². The van der Waals surface area contributed by atoms with Gasteiger partial charge in [-0.15, -0.1) is 0 Å². The molecule has 0 bridgehead atoms. The van der Waals surface area contributed by atoms with Gasteiger partial charge in [-0.3, -0.25) is 4.21 Å².